The number of nitrogens with one attached hydrogen (secondary N) is 1. The number of carbonyl (C=O) groups is 3. The number of rotatable bonds is 6. The third kappa shape index (κ3) is 4.64. The minimum Gasteiger partial charge on any atom is -0.480 e. The van der Waals surface area contributed by atoms with E-state index in [1.165, 1.54) is 31.2 Å². The molecular formula is C15H13N3O6S2. The van der Waals surface area contributed by atoms with Crippen molar-refractivity contribution in [3.8, 4) is 0 Å². The van der Waals surface area contributed by atoms with Crippen LogP contribution in [0, 0.1) is 10.1 Å². The Bertz CT molecular complexity index is 838. The van der Waals surface area contributed by atoms with Gasteiger partial charge in [-0.3, -0.25) is 29.4 Å². The molecular weight excluding hydrogens is 382 g/mol. The van der Waals surface area contributed by atoms with Crippen molar-refractivity contribution in [2.24, 2.45) is 0 Å². The summed E-state index contributed by atoms with van der Waals surface area (Å²) < 4.78 is 0.143. The number of aliphatic carboxylic acids is 1. The topological polar surface area (TPSA) is 130 Å². The lowest BCUT2D eigenvalue weighted by Crippen LogP contribution is -2.45. The van der Waals surface area contributed by atoms with Crippen molar-refractivity contribution < 1.29 is 24.4 Å². The molecule has 0 bridgehead atoms. The minimum atomic E-state index is -1.20. The van der Waals surface area contributed by atoms with Crippen LogP contribution in [-0.4, -0.2) is 49.6 Å². The zero-order chi connectivity index (χ0) is 19.4. The standard InChI is InChI=1S/C15H13N3O6S2/c1-8(14(21)22)16-12(19)7-17-13(20)11(26-15(17)25)6-9-3-2-4-10(5-9)18(23)24/h2-6,8H,7H2,1H3,(H,16,19)(H,21,22)/b11-6-. The quantitative estimate of drug-likeness (QED) is 0.320. The van der Waals surface area contributed by atoms with E-state index >= 15 is 0 Å². The first-order valence-electron chi connectivity index (χ1n) is 7.21. The van der Waals surface area contributed by atoms with Crippen molar-refractivity contribution in [1.29, 1.82) is 0 Å². The highest BCUT2D eigenvalue weighted by atomic mass is 32.2. The number of nitro groups is 1. The van der Waals surface area contributed by atoms with Crippen LogP contribution in [0.4, 0.5) is 5.69 Å². The summed E-state index contributed by atoms with van der Waals surface area (Å²) in [6.07, 6.45) is 1.45. The Kier molecular flexibility index (Phi) is 6.05. The fraction of sp³-hybridized carbons (Fsp3) is 0.200. The number of thioether (sulfide) groups is 1. The van der Waals surface area contributed by atoms with Gasteiger partial charge in [0.05, 0.1) is 9.83 Å². The second-order valence-electron chi connectivity index (χ2n) is 5.25. The number of hydrogen-bond acceptors (Lipinski definition) is 7. The Morgan fingerprint density at radius 2 is 2.19 bits per heavy atom. The molecule has 1 atom stereocenters. The molecule has 1 aliphatic rings. The van der Waals surface area contributed by atoms with Gasteiger partial charge in [-0.1, -0.05) is 36.1 Å². The molecule has 136 valence electrons. The van der Waals surface area contributed by atoms with Crippen LogP contribution in [0.3, 0.4) is 0 Å². The van der Waals surface area contributed by atoms with Crippen molar-refractivity contribution in [2.45, 2.75) is 13.0 Å². The number of thiocarbonyl (C=S) groups is 1. The predicted molar refractivity (Wildman–Crippen MR) is 98.2 cm³/mol. The molecule has 26 heavy (non-hydrogen) atoms. The Morgan fingerprint density at radius 3 is 2.81 bits per heavy atom. The molecule has 1 unspecified atom stereocenters. The van der Waals surface area contributed by atoms with Crippen LogP contribution in [0.25, 0.3) is 6.08 Å². The third-order valence-corrected chi connectivity index (χ3v) is 4.68. The average Bonchev–Trinajstić information content (AvgIpc) is 2.82. The maximum atomic E-state index is 12.4. The highest BCUT2D eigenvalue weighted by Gasteiger charge is 2.33. The SMILES string of the molecule is CC(NC(=O)CN1C(=O)/C(=C/c2cccc([N+](=O)[O-])c2)SC1=S)C(=O)O. The van der Waals surface area contributed by atoms with Crippen molar-refractivity contribution >= 4 is 57.8 Å². The van der Waals surface area contributed by atoms with E-state index in [2.05, 4.69) is 5.32 Å². The summed E-state index contributed by atoms with van der Waals surface area (Å²) in [5.41, 5.74) is 0.333. The molecule has 0 saturated carbocycles. The summed E-state index contributed by atoms with van der Waals surface area (Å²) in [5, 5.41) is 21.8. The molecule has 1 aromatic rings. The van der Waals surface area contributed by atoms with Crippen LogP contribution >= 0.6 is 24.0 Å². The van der Waals surface area contributed by atoms with Crippen LogP contribution < -0.4 is 5.32 Å². The predicted octanol–water partition coefficient (Wildman–Crippen LogP) is 1.39. The summed E-state index contributed by atoms with van der Waals surface area (Å²) in [4.78, 5) is 46.6. The first-order chi connectivity index (χ1) is 12.2. The fourth-order valence-electron chi connectivity index (χ4n) is 2.01. The van der Waals surface area contributed by atoms with Crippen LogP contribution in [0.15, 0.2) is 29.2 Å². The van der Waals surface area contributed by atoms with Gasteiger partial charge in [0.1, 0.15) is 16.9 Å². The first kappa shape index (κ1) is 19.5. The van der Waals surface area contributed by atoms with Crippen molar-refractivity contribution in [2.75, 3.05) is 6.54 Å². The molecule has 0 spiro atoms. The van der Waals surface area contributed by atoms with E-state index in [0.29, 0.717) is 5.56 Å². The molecule has 1 aromatic carbocycles. The summed E-state index contributed by atoms with van der Waals surface area (Å²) >= 11 is 6.05. The fourth-order valence-corrected chi connectivity index (χ4v) is 3.26. The molecule has 1 aliphatic heterocycles. The van der Waals surface area contributed by atoms with Gasteiger partial charge >= 0.3 is 5.97 Å². The van der Waals surface area contributed by atoms with Gasteiger partial charge < -0.3 is 10.4 Å². The second kappa shape index (κ2) is 8.06. The zero-order valence-corrected chi connectivity index (χ0v) is 15.0. The van der Waals surface area contributed by atoms with Gasteiger partial charge in [-0.25, -0.2) is 0 Å². The number of nitrogens with zero attached hydrogens (tertiary/aromatic N) is 2. The molecule has 0 aromatic heterocycles. The Labute approximate surface area is 157 Å². The summed E-state index contributed by atoms with van der Waals surface area (Å²) in [7, 11) is 0. The molecule has 1 fully saturated rings. The first-order valence-corrected chi connectivity index (χ1v) is 8.43. The van der Waals surface area contributed by atoms with E-state index < -0.39 is 35.3 Å². The smallest absolute Gasteiger partial charge is 0.325 e. The number of amides is 2. The number of nitro benzene ring substituents is 1. The van der Waals surface area contributed by atoms with Gasteiger partial charge in [-0.2, -0.15) is 0 Å². The number of non-ortho nitro benzene ring substituents is 1. The zero-order valence-electron chi connectivity index (χ0n) is 13.4. The molecule has 2 amide bonds. The van der Waals surface area contributed by atoms with Crippen molar-refractivity contribution in [1.82, 2.24) is 10.2 Å². The van der Waals surface area contributed by atoms with Gasteiger partial charge in [0, 0.05) is 12.1 Å². The average molecular weight is 395 g/mol. The summed E-state index contributed by atoms with van der Waals surface area (Å²) in [6.45, 7) is 0.890. The summed E-state index contributed by atoms with van der Waals surface area (Å²) in [5.74, 6) is -2.38. The van der Waals surface area contributed by atoms with Gasteiger partial charge in [0.2, 0.25) is 5.91 Å². The molecule has 0 aliphatic carbocycles. The number of carboxylic acids is 1. The molecule has 2 rings (SSSR count). The number of hydrogen-bond donors (Lipinski definition) is 2. The van der Waals surface area contributed by atoms with Crippen LogP contribution in [-0.2, 0) is 14.4 Å². The van der Waals surface area contributed by atoms with Gasteiger partial charge in [0.15, 0.2) is 0 Å². The van der Waals surface area contributed by atoms with Gasteiger partial charge in [-0.05, 0) is 18.6 Å². The lowest BCUT2D eigenvalue weighted by Gasteiger charge is -2.15. The lowest BCUT2D eigenvalue weighted by molar-refractivity contribution is -0.384. The summed E-state index contributed by atoms with van der Waals surface area (Å²) in [6, 6.07) is 4.64. The van der Waals surface area contributed by atoms with Crippen molar-refractivity contribution in [3.05, 3.63) is 44.8 Å². The second-order valence-corrected chi connectivity index (χ2v) is 6.92. The highest BCUT2D eigenvalue weighted by molar-refractivity contribution is 8.26. The number of carbonyl (C=O) groups excluding carboxylic acids is 2. The molecule has 1 saturated heterocycles. The molecule has 2 N–H and O–H groups in total. The third-order valence-electron chi connectivity index (χ3n) is 3.30. The maximum absolute atomic E-state index is 12.4. The lowest BCUT2D eigenvalue weighted by atomic mass is 10.2. The van der Waals surface area contributed by atoms with Gasteiger partial charge in [0.25, 0.3) is 11.6 Å². The molecule has 0 radical (unpaired) electrons. The highest BCUT2D eigenvalue weighted by Crippen LogP contribution is 2.32. The van der Waals surface area contributed by atoms with E-state index in [9.17, 15) is 24.5 Å². The molecule has 9 nitrogen and oxygen atoms in total. The number of benzene rings is 1. The van der Waals surface area contributed by atoms with Gasteiger partial charge in [-0.15, -0.1) is 0 Å². The largest absolute Gasteiger partial charge is 0.480 e. The van der Waals surface area contributed by atoms with Crippen molar-refractivity contribution in [3.63, 3.8) is 0 Å². The van der Waals surface area contributed by atoms with Crippen LogP contribution in [0.1, 0.15) is 12.5 Å². The Balaban J connectivity index is 2.13. The maximum Gasteiger partial charge on any atom is 0.325 e. The van der Waals surface area contributed by atoms with E-state index in [1.54, 1.807) is 6.07 Å². The van der Waals surface area contributed by atoms with Crippen LogP contribution in [0.2, 0.25) is 0 Å². The van der Waals surface area contributed by atoms with E-state index in [-0.39, 0.29) is 14.9 Å². The normalized spacial score (nSPS) is 16.7. The minimum absolute atomic E-state index is 0.115. The number of carboxylic acid groups (broad SMARTS) is 1. The van der Waals surface area contributed by atoms with E-state index in [1.807, 2.05) is 0 Å². The molecule has 1 heterocycles. The Hall–Kier alpha value is -2.79. The van der Waals surface area contributed by atoms with Crippen LogP contribution in [0.5, 0.6) is 0 Å². The van der Waals surface area contributed by atoms with E-state index in [4.69, 9.17) is 17.3 Å². The monoisotopic (exact) mass is 395 g/mol. The Morgan fingerprint density at radius 1 is 1.50 bits per heavy atom. The van der Waals surface area contributed by atoms with E-state index in [0.717, 1.165) is 16.7 Å². The molecule has 11 heteroatoms.